The summed E-state index contributed by atoms with van der Waals surface area (Å²) in [7, 11) is 0. The third kappa shape index (κ3) is 4.23. The van der Waals surface area contributed by atoms with Gasteiger partial charge in [-0.05, 0) is 5.92 Å². The van der Waals surface area contributed by atoms with E-state index in [1.165, 1.54) is 0 Å². The number of rotatable bonds is 4. The van der Waals surface area contributed by atoms with Crippen LogP contribution in [-0.2, 0) is 6.54 Å². The number of nitrogens with one attached hydrogen (secondary N) is 1. The lowest BCUT2D eigenvalue weighted by molar-refractivity contribution is 0.621. The third-order valence-corrected chi connectivity index (χ3v) is 2.22. The molecule has 0 unspecified atom stereocenters. The Labute approximate surface area is 88.3 Å². The number of nitrogens with two attached hydrogens (primary N) is 1. The summed E-state index contributed by atoms with van der Waals surface area (Å²) in [5.41, 5.74) is 8.41. The zero-order valence-electron chi connectivity index (χ0n) is 8.53. The van der Waals surface area contributed by atoms with Gasteiger partial charge in [0, 0.05) is 11.9 Å². The molecule has 0 radical (unpaired) electrons. The average Bonchev–Trinajstić information content (AvgIpc) is 2.63. The van der Waals surface area contributed by atoms with E-state index in [1.54, 1.807) is 16.8 Å². The number of thiazole rings is 1. The van der Waals surface area contributed by atoms with E-state index in [-0.39, 0.29) is 0 Å². The van der Waals surface area contributed by atoms with Crippen molar-refractivity contribution in [1.82, 2.24) is 10.3 Å². The molecule has 0 amide bonds. The highest BCUT2D eigenvalue weighted by molar-refractivity contribution is 7.07. The van der Waals surface area contributed by atoms with E-state index < -0.39 is 0 Å². The predicted octanol–water partition coefficient (Wildman–Crippen LogP) is 1.20. The largest absolute Gasteiger partial charge is 0.370 e. The minimum absolute atomic E-state index is 0.492. The summed E-state index contributed by atoms with van der Waals surface area (Å²) in [6.45, 7) is 5.66. The normalized spacial score (nSPS) is 12.1. The molecule has 5 heteroatoms. The Kier molecular flexibility index (Phi) is 4.39. The van der Waals surface area contributed by atoms with Gasteiger partial charge in [0.05, 0.1) is 17.7 Å². The van der Waals surface area contributed by atoms with Crippen molar-refractivity contribution in [3.8, 4) is 0 Å². The van der Waals surface area contributed by atoms with Gasteiger partial charge in [-0.3, -0.25) is 0 Å². The molecule has 0 saturated heterocycles. The molecule has 0 saturated carbocycles. The molecular formula is C9H16N4S. The van der Waals surface area contributed by atoms with Gasteiger partial charge in [-0.25, -0.2) is 9.98 Å². The molecule has 0 aliphatic carbocycles. The van der Waals surface area contributed by atoms with Crippen molar-refractivity contribution in [2.45, 2.75) is 20.4 Å². The average molecular weight is 212 g/mol. The number of hydrogen-bond donors (Lipinski definition) is 2. The maximum Gasteiger partial charge on any atom is 0.188 e. The van der Waals surface area contributed by atoms with Crippen LogP contribution >= 0.6 is 11.3 Å². The maximum absolute atomic E-state index is 5.65. The van der Waals surface area contributed by atoms with E-state index in [9.17, 15) is 0 Å². The van der Waals surface area contributed by atoms with Crippen LogP contribution in [0, 0.1) is 5.92 Å². The van der Waals surface area contributed by atoms with Gasteiger partial charge in [0.25, 0.3) is 0 Å². The van der Waals surface area contributed by atoms with Crippen molar-refractivity contribution in [3.63, 3.8) is 0 Å². The van der Waals surface area contributed by atoms with Gasteiger partial charge in [0.15, 0.2) is 5.96 Å². The van der Waals surface area contributed by atoms with Crippen LogP contribution in [0.1, 0.15) is 19.5 Å². The smallest absolute Gasteiger partial charge is 0.188 e. The van der Waals surface area contributed by atoms with Gasteiger partial charge in [-0.2, -0.15) is 0 Å². The standard InChI is InChI=1S/C9H16N4S/c1-7(2)3-11-9(10)12-4-8-5-14-6-13-8/h5-7H,3-4H2,1-2H3,(H3,10,11,12). The highest BCUT2D eigenvalue weighted by Gasteiger charge is 1.96. The molecule has 0 aliphatic heterocycles. The summed E-state index contributed by atoms with van der Waals surface area (Å²) in [6.07, 6.45) is 0. The summed E-state index contributed by atoms with van der Waals surface area (Å²) in [6, 6.07) is 0. The van der Waals surface area contributed by atoms with E-state index in [4.69, 9.17) is 5.73 Å². The zero-order valence-corrected chi connectivity index (χ0v) is 9.34. The second-order valence-electron chi connectivity index (χ2n) is 3.46. The van der Waals surface area contributed by atoms with Crippen LogP contribution in [0.4, 0.5) is 0 Å². The Hall–Kier alpha value is -1.10. The fraction of sp³-hybridized carbons (Fsp3) is 0.556. The van der Waals surface area contributed by atoms with Gasteiger partial charge in [0.1, 0.15) is 0 Å². The molecular weight excluding hydrogens is 196 g/mol. The van der Waals surface area contributed by atoms with Crippen LogP contribution in [0.5, 0.6) is 0 Å². The highest BCUT2D eigenvalue weighted by atomic mass is 32.1. The van der Waals surface area contributed by atoms with Crippen molar-refractivity contribution in [2.75, 3.05) is 6.54 Å². The molecule has 0 fully saturated rings. The minimum Gasteiger partial charge on any atom is -0.370 e. The topological polar surface area (TPSA) is 63.3 Å². The lowest BCUT2D eigenvalue weighted by atomic mass is 10.2. The van der Waals surface area contributed by atoms with E-state index >= 15 is 0 Å². The number of aromatic nitrogens is 1. The number of aliphatic imine (C=N–C) groups is 1. The van der Waals surface area contributed by atoms with Crippen LogP contribution in [0.2, 0.25) is 0 Å². The number of hydrogen-bond acceptors (Lipinski definition) is 3. The van der Waals surface area contributed by atoms with Crippen molar-refractivity contribution < 1.29 is 0 Å². The second-order valence-corrected chi connectivity index (χ2v) is 4.17. The summed E-state index contributed by atoms with van der Waals surface area (Å²) >= 11 is 1.57. The quantitative estimate of drug-likeness (QED) is 0.582. The molecule has 0 aromatic carbocycles. The minimum atomic E-state index is 0.492. The molecule has 78 valence electrons. The van der Waals surface area contributed by atoms with Gasteiger partial charge in [-0.1, -0.05) is 13.8 Å². The third-order valence-electron chi connectivity index (χ3n) is 1.59. The molecule has 1 heterocycles. The zero-order chi connectivity index (χ0) is 10.4. The molecule has 0 spiro atoms. The first-order chi connectivity index (χ1) is 6.68. The molecule has 1 aromatic heterocycles. The molecule has 4 nitrogen and oxygen atoms in total. The lowest BCUT2D eigenvalue weighted by Crippen LogP contribution is -2.34. The summed E-state index contributed by atoms with van der Waals surface area (Å²) in [4.78, 5) is 8.28. The van der Waals surface area contributed by atoms with Crippen molar-refractivity contribution in [2.24, 2.45) is 16.6 Å². The highest BCUT2D eigenvalue weighted by Crippen LogP contribution is 2.01. The molecule has 0 atom stereocenters. The van der Waals surface area contributed by atoms with Crippen LogP contribution in [0.25, 0.3) is 0 Å². The first kappa shape index (κ1) is 11.0. The van der Waals surface area contributed by atoms with E-state index in [2.05, 4.69) is 29.1 Å². The second kappa shape index (κ2) is 5.59. The molecule has 0 aliphatic rings. The van der Waals surface area contributed by atoms with Crippen molar-refractivity contribution >= 4 is 17.3 Å². The molecule has 14 heavy (non-hydrogen) atoms. The molecule has 3 N–H and O–H groups in total. The fourth-order valence-electron chi connectivity index (χ4n) is 0.846. The van der Waals surface area contributed by atoms with Gasteiger partial charge >= 0.3 is 0 Å². The van der Waals surface area contributed by atoms with E-state index in [1.807, 2.05) is 5.38 Å². The van der Waals surface area contributed by atoms with Crippen LogP contribution in [0.15, 0.2) is 15.9 Å². The monoisotopic (exact) mass is 212 g/mol. The van der Waals surface area contributed by atoms with Gasteiger partial charge in [0.2, 0.25) is 0 Å². The van der Waals surface area contributed by atoms with Crippen LogP contribution in [0.3, 0.4) is 0 Å². The van der Waals surface area contributed by atoms with Gasteiger partial charge < -0.3 is 11.1 Å². The molecule has 1 rings (SSSR count). The number of guanidine groups is 1. The van der Waals surface area contributed by atoms with Crippen molar-refractivity contribution in [1.29, 1.82) is 0 Å². The molecule has 0 bridgehead atoms. The van der Waals surface area contributed by atoms with Crippen molar-refractivity contribution in [3.05, 3.63) is 16.6 Å². The molecule has 1 aromatic rings. The Morgan fingerprint density at radius 1 is 1.71 bits per heavy atom. The van der Waals surface area contributed by atoms with E-state index in [0.29, 0.717) is 18.4 Å². The first-order valence-electron chi connectivity index (χ1n) is 4.59. The lowest BCUT2D eigenvalue weighted by Gasteiger charge is -2.07. The predicted molar refractivity (Wildman–Crippen MR) is 60.3 cm³/mol. The SMILES string of the molecule is CC(C)CNC(N)=NCc1cscn1. The van der Waals surface area contributed by atoms with Crippen LogP contribution in [-0.4, -0.2) is 17.5 Å². The Morgan fingerprint density at radius 2 is 2.50 bits per heavy atom. The summed E-state index contributed by atoms with van der Waals surface area (Å²) in [5, 5.41) is 5.02. The Bertz CT molecular complexity index is 279. The van der Waals surface area contributed by atoms with Gasteiger partial charge in [-0.15, -0.1) is 11.3 Å². The van der Waals surface area contributed by atoms with E-state index in [0.717, 1.165) is 12.2 Å². The maximum atomic E-state index is 5.65. The fourth-order valence-corrected chi connectivity index (χ4v) is 1.40. The Morgan fingerprint density at radius 3 is 3.07 bits per heavy atom. The number of nitrogens with zero attached hydrogens (tertiary/aromatic N) is 2. The summed E-state index contributed by atoms with van der Waals surface area (Å²) in [5.74, 6) is 1.06. The Balaban J connectivity index is 2.30. The van der Waals surface area contributed by atoms with Crippen LogP contribution < -0.4 is 11.1 Å². The first-order valence-corrected chi connectivity index (χ1v) is 5.53. The summed E-state index contributed by atoms with van der Waals surface area (Å²) < 4.78 is 0.